The number of hydrogen-bond acceptors (Lipinski definition) is 6. The number of aliphatic hydroxyl groups is 1. The zero-order valence-corrected chi connectivity index (χ0v) is 22.5. The number of benzene rings is 3. The van der Waals surface area contributed by atoms with Gasteiger partial charge >= 0.3 is 6.09 Å². The Labute approximate surface area is 232 Å². The topological polar surface area (TPSA) is 137 Å². The number of aliphatic hydroxyl groups excluding tert-OH is 1. The molecule has 10 heteroatoms. The maximum atomic E-state index is 12.7. The molecule has 206 valence electrons. The van der Waals surface area contributed by atoms with Gasteiger partial charge in [-0.1, -0.05) is 60.7 Å². The van der Waals surface area contributed by atoms with Gasteiger partial charge in [-0.05, 0) is 60.4 Å². The summed E-state index contributed by atoms with van der Waals surface area (Å²) in [6.45, 7) is 1.70. The minimum absolute atomic E-state index is 0.0341. The van der Waals surface area contributed by atoms with E-state index in [-0.39, 0.29) is 17.0 Å². The fourth-order valence-corrected chi connectivity index (χ4v) is 5.23. The second-order valence-corrected chi connectivity index (χ2v) is 11.0. The summed E-state index contributed by atoms with van der Waals surface area (Å²) in [6.07, 6.45) is 1.41. The van der Waals surface area contributed by atoms with Crippen LogP contribution >= 0.6 is 0 Å². The highest BCUT2D eigenvalue weighted by atomic mass is 32.2. The first kappa shape index (κ1) is 28.5. The van der Waals surface area contributed by atoms with Crippen LogP contribution in [0, 0.1) is 0 Å². The molecule has 0 aliphatic rings. The molecule has 0 aliphatic heterocycles. The summed E-state index contributed by atoms with van der Waals surface area (Å²) < 4.78 is 27.4. The minimum atomic E-state index is -4.04. The molecule has 3 aromatic carbocycles. The van der Waals surface area contributed by atoms with E-state index in [2.05, 4.69) is 9.71 Å². The number of hydrogen-bond donors (Lipinski definition) is 3. The molecule has 0 radical (unpaired) electrons. The first-order chi connectivity index (χ1) is 19.1. The molecule has 40 heavy (non-hydrogen) atoms. The number of aromatic nitrogens is 1. The molecule has 1 heterocycles. The Morgan fingerprint density at radius 3 is 2.10 bits per heavy atom. The van der Waals surface area contributed by atoms with Gasteiger partial charge in [-0.25, -0.2) is 17.9 Å². The van der Waals surface area contributed by atoms with Crippen molar-refractivity contribution in [2.75, 3.05) is 6.54 Å². The molecule has 4 aromatic rings. The standard InChI is InChI=1S/C30H29N3O6S/c1-21(33(30(36)37)20-28(34)26-8-5-17-31-19-26)18-22-9-11-23(12-10-22)24-13-15-27(16-14-24)40(38,39)32-29(35)25-6-3-2-4-7-25/h2-17,19,21,28,34H,18,20H2,1H3,(H,32,35)(H,36,37)/t21-,28-/m1/s1. The summed E-state index contributed by atoms with van der Waals surface area (Å²) in [7, 11) is -4.04. The van der Waals surface area contributed by atoms with Crippen LogP contribution in [0.25, 0.3) is 11.1 Å². The SMILES string of the molecule is C[C@H](Cc1ccc(-c2ccc(S(=O)(=O)NC(=O)c3ccccc3)cc2)cc1)N(C[C@@H](O)c1cccnc1)C(=O)O. The molecule has 4 rings (SSSR count). The number of carboxylic acid groups (broad SMARTS) is 1. The van der Waals surface area contributed by atoms with Crippen molar-refractivity contribution in [1.82, 2.24) is 14.6 Å². The lowest BCUT2D eigenvalue weighted by Crippen LogP contribution is -2.41. The molecule has 0 fully saturated rings. The van der Waals surface area contributed by atoms with Gasteiger partial charge in [0.15, 0.2) is 0 Å². The lowest BCUT2D eigenvalue weighted by Gasteiger charge is -2.28. The number of amides is 2. The van der Waals surface area contributed by atoms with Crippen LogP contribution in [0.15, 0.2) is 108 Å². The maximum Gasteiger partial charge on any atom is 0.407 e. The van der Waals surface area contributed by atoms with Crippen LogP contribution in [0.1, 0.15) is 34.5 Å². The molecule has 3 N–H and O–H groups in total. The summed E-state index contributed by atoms with van der Waals surface area (Å²) >= 11 is 0. The predicted octanol–water partition coefficient (Wildman–Crippen LogP) is 4.51. The zero-order valence-electron chi connectivity index (χ0n) is 21.7. The lowest BCUT2D eigenvalue weighted by atomic mass is 10.0. The third-order valence-corrected chi connectivity index (χ3v) is 7.81. The van der Waals surface area contributed by atoms with Crippen molar-refractivity contribution in [3.63, 3.8) is 0 Å². The Balaban J connectivity index is 1.40. The number of sulfonamides is 1. The van der Waals surface area contributed by atoms with Gasteiger partial charge in [-0.3, -0.25) is 9.78 Å². The number of carbonyl (C=O) groups is 2. The Morgan fingerprint density at radius 1 is 0.900 bits per heavy atom. The van der Waals surface area contributed by atoms with E-state index in [1.165, 1.54) is 35.4 Å². The molecule has 0 saturated carbocycles. The van der Waals surface area contributed by atoms with Crippen LogP contribution < -0.4 is 4.72 Å². The molecule has 0 aliphatic carbocycles. The van der Waals surface area contributed by atoms with E-state index in [1.54, 1.807) is 55.6 Å². The van der Waals surface area contributed by atoms with Crippen LogP contribution in [0.3, 0.4) is 0 Å². The van der Waals surface area contributed by atoms with Crippen molar-refractivity contribution >= 4 is 22.0 Å². The van der Waals surface area contributed by atoms with Gasteiger partial charge in [0.05, 0.1) is 17.5 Å². The van der Waals surface area contributed by atoms with Gasteiger partial charge in [0.2, 0.25) is 0 Å². The van der Waals surface area contributed by atoms with Crippen molar-refractivity contribution < 1.29 is 28.2 Å². The number of nitrogens with zero attached hydrogens (tertiary/aromatic N) is 2. The minimum Gasteiger partial charge on any atom is -0.465 e. The molecule has 2 amide bonds. The summed E-state index contributed by atoms with van der Waals surface area (Å²) in [4.78, 5) is 29.3. The molecule has 0 saturated heterocycles. The van der Waals surface area contributed by atoms with Crippen molar-refractivity contribution in [3.05, 3.63) is 120 Å². The largest absolute Gasteiger partial charge is 0.465 e. The van der Waals surface area contributed by atoms with Crippen LogP contribution in [0.4, 0.5) is 4.79 Å². The van der Waals surface area contributed by atoms with Crippen LogP contribution in [-0.4, -0.2) is 53.1 Å². The summed E-state index contributed by atoms with van der Waals surface area (Å²) in [5.41, 5.74) is 3.31. The third-order valence-electron chi connectivity index (χ3n) is 6.46. The van der Waals surface area contributed by atoms with Gasteiger partial charge < -0.3 is 15.1 Å². The Bertz CT molecular complexity index is 1550. The summed E-state index contributed by atoms with van der Waals surface area (Å²) in [6, 6.07) is 24.8. The van der Waals surface area contributed by atoms with Crippen molar-refractivity contribution in [3.8, 4) is 11.1 Å². The van der Waals surface area contributed by atoms with E-state index in [0.29, 0.717) is 12.0 Å². The first-order valence-electron chi connectivity index (χ1n) is 12.5. The predicted molar refractivity (Wildman–Crippen MR) is 150 cm³/mol. The normalized spacial score (nSPS) is 12.8. The average molecular weight is 560 g/mol. The van der Waals surface area contributed by atoms with E-state index < -0.39 is 34.2 Å². The maximum absolute atomic E-state index is 12.7. The third kappa shape index (κ3) is 7.10. The number of nitrogens with one attached hydrogen (secondary N) is 1. The molecule has 0 spiro atoms. The fraction of sp³-hybridized carbons (Fsp3) is 0.167. The number of pyridine rings is 1. The van der Waals surface area contributed by atoms with E-state index >= 15 is 0 Å². The smallest absolute Gasteiger partial charge is 0.407 e. The average Bonchev–Trinajstić information content (AvgIpc) is 2.96. The van der Waals surface area contributed by atoms with Crippen molar-refractivity contribution in [1.29, 1.82) is 0 Å². The molecule has 0 unspecified atom stereocenters. The summed E-state index contributed by atoms with van der Waals surface area (Å²) in [5, 5.41) is 20.2. The highest BCUT2D eigenvalue weighted by molar-refractivity contribution is 7.90. The van der Waals surface area contributed by atoms with Gasteiger partial charge in [0, 0.05) is 29.6 Å². The monoisotopic (exact) mass is 559 g/mol. The quantitative estimate of drug-likeness (QED) is 0.260. The van der Waals surface area contributed by atoms with Gasteiger partial charge in [-0.2, -0.15) is 0 Å². The fourth-order valence-electron chi connectivity index (χ4n) is 4.25. The molecule has 1 aromatic heterocycles. The van der Waals surface area contributed by atoms with E-state index in [0.717, 1.165) is 16.7 Å². The Hall–Kier alpha value is -4.54. The number of rotatable bonds is 10. The molecule has 9 nitrogen and oxygen atoms in total. The highest BCUT2D eigenvalue weighted by Crippen LogP contribution is 2.23. The van der Waals surface area contributed by atoms with E-state index in [4.69, 9.17) is 0 Å². The van der Waals surface area contributed by atoms with Gasteiger partial charge in [-0.15, -0.1) is 0 Å². The number of carbonyl (C=O) groups excluding carboxylic acids is 1. The van der Waals surface area contributed by atoms with Crippen LogP contribution in [-0.2, 0) is 16.4 Å². The highest BCUT2D eigenvalue weighted by Gasteiger charge is 2.24. The molecular formula is C30H29N3O6S. The van der Waals surface area contributed by atoms with Crippen LogP contribution in [0.5, 0.6) is 0 Å². The molecular weight excluding hydrogens is 530 g/mol. The Kier molecular flexibility index (Phi) is 8.93. The van der Waals surface area contributed by atoms with Crippen molar-refractivity contribution in [2.45, 2.75) is 30.4 Å². The lowest BCUT2D eigenvalue weighted by molar-refractivity contribution is 0.0797. The van der Waals surface area contributed by atoms with Gasteiger partial charge in [0.1, 0.15) is 0 Å². The molecule has 0 bridgehead atoms. The van der Waals surface area contributed by atoms with Crippen LogP contribution in [0.2, 0.25) is 0 Å². The first-order valence-corrected chi connectivity index (χ1v) is 14.0. The summed E-state index contributed by atoms with van der Waals surface area (Å²) in [5.74, 6) is -0.706. The van der Waals surface area contributed by atoms with Crippen molar-refractivity contribution in [2.24, 2.45) is 0 Å². The van der Waals surface area contributed by atoms with E-state index in [9.17, 15) is 28.2 Å². The second kappa shape index (κ2) is 12.5. The zero-order chi connectivity index (χ0) is 28.7. The van der Waals surface area contributed by atoms with E-state index in [1.807, 2.05) is 24.3 Å². The second-order valence-electron chi connectivity index (χ2n) is 9.31. The molecule has 2 atom stereocenters. The van der Waals surface area contributed by atoms with Gasteiger partial charge in [0.25, 0.3) is 15.9 Å². The Morgan fingerprint density at radius 2 is 1.52 bits per heavy atom.